The molecule has 0 spiro atoms. The second-order valence-electron chi connectivity index (χ2n) is 7.90. The predicted molar refractivity (Wildman–Crippen MR) is 117 cm³/mol. The fourth-order valence-electron chi connectivity index (χ4n) is 4.01. The molecule has 3 rings (SSSR count). The zero-order chi connectivity index (χ0) is 21.3. The molecule has 1 heterocycles. The molecule has 0 radical (unpaired) electrons. The number of carbonyl (C=O) groups excluding carboxylic acids is 1. The lowest BCUT2D eigenvalue weighted by Crippen LogP contribution is -2.35. The first-order chi connectivity index (χ1) is 14.6. The smallest absolute Gasteiger partial charge is 0.220 e. The molecule has 1 atom stereocenters. The van der Waals surface area contributed by atoms with Gasteiger partial charge in [-0.1, -0.05) is 12.1 Å². The van der Waals surface area contributed by atoms with E-state index in [1.165, 1.54) is 12.0 Å². The maximum atomic E-state index is 12.4. The number of aromatic hydroxyl groups is 1. The Hall–Kier alpha value is -2.73. The molecule has 30 heavy (non-hydrogen) atoms. The average molecular weight is 413 g/mol. The highest BCUT2D eigenvalue weighted by Crippen LogP contribution is 2.25. The number of amides is 1. The van der Waals surface area contributed by atoms with Gasteiger partial charge in [-0.15, -0.1) is 0 Å². The van der Waals surface area contributed by atoms with Crippen molar-refractivity contribution in [1.29, 1.82) is 0 Å². The van der Waals surface area contributed by atoms with Crippen LogP contribution in [0.25, 0.3) is 0 Å². The van der Waals surface area contributed by atoms with Crippen LogP contribution >= 0.6 is 0 Å². The molecule has 1 saturated heterocycles. The van der Waals surface area contributed by atoms with Crippen LogP contribution in [0.1, 0.15) is 36.8 Å². The van der Waals surface area contributed by atoms with Gasteiger partial charge in [0, 0.05) is 37.7 Å². The summed E-state index contributed by atoms with van der Waals surface area (Å²) >= 11 is 0. The standard InChI is InChI=1S/C24H32N2O4/c1-29-22-11-8-20(23(14-22)30-2)15-25-24(28)12-7-18-4-3-13-26(16-18)17-19-5-9-21(27)10-6-19/h5-6,8-11,14,18,27H,3-4,7,12-13,15-17H2,1-2H3,(H,25,28). The summed E-state index contributed by atoms with van der Waals surface area (Å²) < 4.78 is 10.6. The molecular formula is C24H32N2O4. The molecule has 6 nitrogen and oxygen atoms in total. The van der Waals surface area contributed by atoms with Crippen molar-refractivity contribution < 1.29 is 19.4 Å². The first-order valence-electron chi connectivity index (χ1n) is 10.5. The molecule has 1 fully saturated rings. The van der Waals surface area contributed by atoms with Crippen molar-refractivity contribution in [3.05, 3.63) is 53.6 Å². The number of hydrogen-bond donors (Lipinski definition) is 2. The van der Waals surface area contributed by atoms with Gasteiger partial charge in [-0.05, 0) is 61.6 Å². The van der Waals surface area contributed by atoms with Crippen molar-refractivity contribution >= 4 is 5.91 Å². The summed E-state index contributed by atoms with van der Waals surface area (Å²) in [6.07, 6.45) is 3.77. The third kappa shape index (κ3) is 6.39. The van der Waals surface area contributed by atoms with Gasteiger partial charge in [0.1, 0.15) is 17.2 Å². The maximum Gasteiger partial charge on any atom is 0.220 e. The maximum absolute atomic E-state index is 12.4. The van der Waals surface area contributed by atoms with Crippen molar-refractivity contribution in [3.63, 3.8) is 0 Å². The Balaban J connectivity index is 1.42. The van der Waals surface area contributed by atoms with Crippen LogP contribution in [-0.4, -0.2) is 43.2 Å². The summed E-state index contributed by atoms with van der Waals surface area (Å²) in [6, 6.07) is 13.0. The number of phenolic OH excluding ortho intramolecular Hbond substituents is 1. The van der Waals surface area contributed by atoms with Gasteiger partial charge in [-0.2, -0.15) is 0 Å². The number of piperidine rings is 1. The third-order valence-electron chi connectivity index (χ3n) is 5.70. The van der Waals surface area contributed by atoms with E-state index in [0.29, 0.717) is 30.4 Å². The Bertz CT molecular complexity index is 822. The normalized spacial score (nSPS) is 16.8. The summed E-state index contributed by atoms with van der Waals surface area (Å²) in [5.41, 5.74) is 2.14. The van der Waals surface area contributed by atoms with Crippen LogP contribution in [0.2, 0.25) is 0 Å². The Morgan fingerprint density at radius 3 is 2.70 bits per heavy atom. The number of nitrogens with one attached hydrogen (secondary N) is 1. The predicted octanol–water partition coefficient (Wildman–Crippen LogP) is 3.72. The highest BCUT2D eigenvalue weighted by Gasteiger charge is 2.20. The fraction of sp³-hybridized carbons (Fsp3) is 0.458. The average Bonchev–Trinajstić information content (AvgIpc) is 2.78. The lowest BCUT2D eigenvalue weighted by molar-refractivity contribution is -0.121. The van der Waals surface area contributed by atoms with Crippen LogP contribution in [0.4, 0.5) is 0 Å². The van der Waals surface area contributed by atoms with E-state index < -0.39 is 0 Å². The lowest BCUT2D eigenvalue weighted by Gasteiger charge is -2.32. The van der Waals surface area contributed by atoms with E-state index in [-0.39, 0.29) is 5.91 Å². The number of methoxy groups -OCH3 is 2. The molecule has 0 aromatic heterocycles. The van der Waals surface area contributed by atoms with E-state index in [1.807, 2.05) is 30.3 Å². The molecule has 2 aromatic carbocycles. The molecule has 0 bridgehead atoms. The Morgan fingerprint density at radius 1 is 1.17 bits per heavy atom. The van der Waals surface area contributed by atoms with E-state index in [1.54, 1.807) is 26.4 Å². The number of ether oxygens (including phenoxy) is 2. The second-order valence-corrected chi connectivity index (χ2v) is 7.90. The van der Waals surface area contributed by atoms with Gasteiger partial charge in [-0.25, -0.2) is 0 Å². The molecule has 1 amide bonds. The molecule has 0 saturated carbocycles. The van der Waals surface area contributed by atoms with Gasteiger partial charge in [0.15, 0.2) is 0 Å². The minimum absolute atomic E-state index is 0.0727. The van der Waals surface area contributed by atoms with Crippen LogP contribution in [0.3, 0.4) is 0 Å². The zero-order valence-electron chi connectivity index (χ0n) is 17.9. The number of carbonyl (C=O) groups is 1. The van der Waals surface area contributed by atoms with Gasteiger partial charge in [-0.3, -0.25) is 9.69 Å². The van der Waals surface area contributed by atoms with Gasteiger partial charge < -0.3 is 19.9 Å². The second kappa shape index (κ2) is 10.9. The van der Waals surface area contributed by atoms with E-state index in [4.69, 9.17) is 9.47 Å². The highest BCUT2D eigenvalue weighted by molar-refractivity contribution is 5.75. The van der Waals surface area contributed by atoms with Gasteiger partial charge >= 0.3 is 0 Å². The molecule has 0 aliphatic carbocycles. The number of nitrogens with zero attached hydrogens (tertiary/aromatic N) is 1. The number of rotatable bonds is 9. The Morgan fingerprint density at radius 2 is 1.97 bits per heavy atom. The molecule has 162 valence electrons. The zero-order valence-corrected chi connectivity index (χ0v) is 17.9. The highest BCUT2D eigenvalue weighted by atomic mass is 16.5. The van der Waals surface area contributed by atoms with Gasteiger partial charge in [0.2, 0.25) is 5.91 Å². The molecule has 6 heteroatoms. The van der Waals surface area contributed by atoms with Crippen LogP contribution in [0.15, 0.2) is 42.5 Å². The Kier molecular flexibility index (Phi) is 7.97. The van der Waals surface area contributed by atoms with E-state index in [0.717, 1.165) is 43.8 Å². The Labute approximate surface area is 178 Å². The van der Waals surface area contributed by atoms with Crippen molar-refractivity contribution in [2.24, 2.45) is 5.92 Å². The molecule has 1 aliphatic heterocycles. The monoisotopic (exact) mass is 412 g/mol. The molecular weight excluding hydrogens is 380 g/mol. The summed E-state index contributed by atoms with van der Waals surface area (Å²) in [5, 5.41) is 12.4. The topological polar surface area (TPSA) is 71.0 Å². The lowest BCUT2D eigenvalue weighted by atomic mass is 9.93. The summed E-state index contributed by atoms with van der Waals surface area (Å²) in [7, 11) is 3.24. The number of phenols is 1. The SMILES string of the molecule is COc1ccc(CNC(=O)CCC2CCCN(Cc3ccc(O)cc3)C2)c(OC)c1. The quantitative estimate of drug-likeness (QED) is 0.657. The fourth-order valence-corrected chi connectivity index (χ4v) is 4.01. The van der Waals surface area contributed by atoms with E-state index >= 15 is 0 Å². The molecule has 2 N–H and O–H groups in total. The minimum atomic E-state index is 0.0727. The number of benzene rings is 2. The number of likely N-dealkylation sites (tertiary alicyclic amines) is 1. The van der Waals surface area contributed by atoms with Crippen LogP contribution in [-0.2, 0) is 17.9 Å². The first-order valence-corrected chi connectivity index (χ1v) is 10.5. The number of hydrogen-bond acceptors (Lipinski definition) is 5. The molecule has 2 aromatic rings. The van der Waals surface area contributed by atoms with E-state index in [9.17, 15) is 9.90 Å². The summed E-state index contributed by atoms with van der Waals surface area (Å²) in [6.45, 7) is 3.44. The summed E-state index contributed by atoms with van der Waals surface area (Å²) in [5.74, 6) is 2.36. The largest absolute Gasteiger partial charge is 0.508 e. The van der Waals surface area contributed by atoms with Crippen molar-refractivity contribution in [2.75, 3.05) is 27.3 Å². The van der Waals surface area contributed by atoms with Crippen LogP contribution < -0.4 is 14.8 Å². The summed E-state index contributed by atoms with van der Waals surface area (Å²) in [4.78, 5) is 14.8. The minimum Gasteiger partial charge on any atom is -0.508 e. The van der Waals surface area contributed by atoms with Crippen molar-refractivity contribution in [1.82, 2.24) is 10.2 Å². The van der Waals surface area contributed by atoms with Crippen molar-refractivity contribution in [3.8, 4) is 17.2 Å². The van der Waals surface area contributed by atoms with Gasteiger partial charge in [0.25, 0.3) is 0 Å². The van der Waals surface area contributed by atoms with E-state index in [2.05, 4.69) is 10.2 Å². The van der Waals surface area contributed by atoms with Crippen LogP contribution in [0, 0.1) is 5.92 Å². The van der Waals surface area contributed by atoms with Gasteiger partial charge in [0.05, 0.1) is 14.2 Å². The molecule has 1 unspecified atom stereocenters. The van der Waals surface area contributed by atoms with Crippen molar-refractivity contribution in [2.45, 2.75) is 38.8 Å². The first kappa shape index (κ1) is 22.0. The third-order valence-corrected chi connectivity index (χ3v) is 5.70. The molecule has 1 aliphatic rings. The van der Waals surface area contributed by atoms with Crippen LogP contribution in [0.5, 0.6) is 17.2 Å².